The Balaban J connectivity index is 1.96. The molecule has 1 aromatic carbocycles. The second-order valence-corrected chi connectivity index (χ2v) is 7.48. The molecule has 0 aromatic heterocycles. The lowest BCUT2D eigenvalue weighted by Gasteiger charge is -2.19. The van der Waals surface area contributed by atoms with Crippen LogP contribution in [0.25, 0.3) is 0 Å². The Bertz CT molecular complexity index is 576. The second-order valence-electron chi connectivity index (χ2n) is 4.83. The van der Waals surface area contributed by atoms with Crippen LogP contribution in [0, 0.1) is 5.82 Å². The van der Waals surface area contributed by atoms with Crippen molar-refractivity contribution in [2.24, 2.45) is 0 Å². The molecule has 0 aliphatic heterocycles. The third-order valence-electron chi connectivity index (χ3n) is 3.34. The van der Waals surface area contributed by atoms with Gasteiger partial charge in [0.1, 0.15) is 10.7 Å². The summed E-state index contributed by atoms with van der Waals surface area (Å²) in [4.78, 5) is 1.93. The molecule has 1 saturated carbocycles. The van der Waals surface area contributed by atoms with Crippen molar-refractivity contribution in [1.82, 2.24) is 9.62 Å². The van der Waals surface area contributed by atoms with E-state index in [-0.39, 0.29) is 4.90 Å². The molecule has 1 fully saturated rings. The monoisotopic (exact) mass is 364 g/mol. The lowest BCUT2D eigenvalue weighted by Crippen LogP contribution is -2.36. The van der Waals surface area contributed by atoms with Gasteiger partial charge in [0, 0.05) is 23.6 Å². The number of likely N-dealkylation sites (N-methyl/N-ethyl adjacent to an activating group) is 1. The Morgan fingerprint density at radius 3 is 2.70 bits per heavy atom. The van der Waals surface area contributed by atoms with Crippen LogP contribution >= 0.6 is 15.9 Å². The molecular formula is C13H18BrFN2O2S. The standard InChI is InChI=1S/C13H18BrFN2O2S/c1-2-17(11-4-5-11)8-7-16-20(18,19)13-6-3-10(14)9-12(13)15/h3,6,9,11,16H,2,4-5,7-8H2,1H3. The molecule has 2 rings (SSSR count). The predicted molar refractivity (Wildman–Crippen MR) is 79.6 cm³/mol. The zero-order valence-electron chi connectivity index (χ0n) is 11.3. The highest BCUT2D eigenvalue weighted by Gasteiger charge is 2.27. The third-order valence-corrected chi connectivity index (χ3v) is 5.33. The molecule has 1 aliphatic rings. The Morgan fingerprint density at radius 1 is 1.45 bits per heavy atom. The number of nitrogens with zero attached hydrogens (tertiary/aromatic N) is 1. The Morgan fingerprint density at radius 2 is 2.15 bits per heavy atom. The number of rotatable bonds is 7. The van der Waals surface area contributed by atoms with Crippen LogP contribution in [0.1, 0.15) is 19.8 Å². The molecule has 4 nitrogen and oxygen atoms in total. The first kappa shape index (κ1) is 15.9. The smallest absolute Gasteiger partial charge is 0.243 e. The van der Waals surface area contributed by atoms with Gasteiger partial charge < -0.3 is 0 Å². The van der Waals surface area contributed by atoms with E-state index in [9.17, 15) is 12.8 Å². The lowest BCUT2D eigenvalue weighted by molar-refractivity contribution is 0.282. The Hall–Kier alpha value is -0.500. The highest BCUT2D eigenvalue weighted by atomic mass is 79.9. The van der Waals surface area contributed by atoms with Crippen LogP contribution in [-0.2, 0) is 10.0 Å². The normalized spacial score (nSPS) is 15.8. The molecule has 1 aromatic rings. The summed E-state index contributed by atoms with van der Waals surface area (Å²) in [7, 11) is -3.79. The van der Waals surface area contributed by atoms with Crippen molar-refractivity contribution in [3.63, 3.8) is 0 Å². The van der Waals surface area contributed by atoms with Gasteiger partial charge in [-0.05, 0) is 37.6 Å². The first-order valence-electron chi connectivity index (χ1n) is 6.63. The van der Waals surface area contributed by atoms with Crippen LogP contribution in [0.3, 0.4) is 0 Å². The molecule has 20 heavy (non-hydrogen) atoms. The summed E-state index contributed by atoms with van der Waals surface area (Å²) in [5.41, 5.74) is 0. The number of halogens is 2. The summed E-state index contributed by atoms with van der Waals surface area (Å²) < 4.78 is 40.7. The largest absolute Gasteiger partial charge is 0.299 e. The van der Waals surface area contributed by atoms with Crippen LogP contribution < -0.4 is 4.72 Å². The van der Waals surface area contributed by atoms with Crippen LogP contribution in [0.4, 0.5) is 4.39 Å². The topological polar surface area (TPSA) is 49.4 Å². The van der Waals surface area contributed by atoms with E-state index in [0.717, 1.165) is 12.6 Å². The van der Waals surface area contributed by atoms with Crippen LogP contribution in [0.15, 0.2) is 27.6 Å². The highest BCUT2D eigenvalue weighted by molar-refractivity contribution is 9.10. The molecule has 0 amide bonds. The van der Waals surface area contributed by atoms with Gasteiger partial charge in [0.25, 0.3) is 0 Å². The number of sulfonamides is 1. The first-order valence-corrected chi connectivity index (χ1v) is 8.90. The maximum atomic E-state index is 13.7. The van der Waals surface area contributed by atoms with Crippen LogP contribution in [0.2, 0.25) is 0 Å². The number of nitrogens with one attached hydrogen (secondary N) is 1. The molecule has 1 aliphatic carbocycles. The van der Waals surface area contributed by atoms with Gasteiger partial charge in [0.2, 0.25) is 10.0 Å². The summed E-state index contributed by atoms with van der Waals surface area (Å²) in [5.74, 6) is -0.749. The van der Waals surface area contributed by atoms with Gasteiger partial charge in [-0.3, -0.25) is 4.90 Å². The van der Waals surface area contributed by atoms with Gasteiger partial charge in [-0.1, -0.05) is 22.9 Å². The van der Waals surface area contributed by atoms with Gasteiger partial charge in [-0.2, -0.15) is 0 Å². The maximum Gasteiger partial charge on any atom is 0.243 e. The summed E-state index contributed by atoms with van der Waals surface area (Å²) in [5, 5.41) is 0. The van der Waals surface area contributed by atoms with Crippen LogP contribution in [0.5, 0.6) is 0 Å². The zero-order chi connectivity index (χ0) is 14.8. The van der Waals surface area contributed by atoms with Crippen molar-refractivity contribution in [2.75, 3.05) is 19.6 Å². The van der Waals surface area contributed by atoms with Gasteiger partial charge in [0.15, 0.2) is 0 Å². The molecule has 7 heteroatoms. The van der Waals surface area contributed by atoms with E-state index in [1.165, 1.54) is 25.0 Å². The zero-order valence-corrected chi connectivity index (χ0v) is 13.7. The van der Waals surface area contributed by atoms with E-state index in [4.69, 9.17) is 0 Å². The minimum atomic E-state index is -3.79. The molecule has 0 saturated heterocycles. The quantitative estimate of drug-likeness (QED) is 0.807. The lowest BCUT2D eigenvalue weighted by atomic mass is 10.3. The average Bonchev–Trinajstić information content (AvgIpc) is 3.18. The van der Waals surface area contributed by atoms with Crippen molar-refractivity contribution < 1.29 is 12.8 Å². The maximum absolute atomic E-state index is 13.7. The highest BCUT2D eigenvalue weighted by Crippen LogP contribution is 2.26. The number of hydrogen-bond donors (Lipinski definition) is 1. The molecule has 0 radical (unpaired) electrons. The van der Waals surface area contributed by atoms with Gasteiger partial charge >= 0.3 is 0 Å². The van der Waals surface area contributed by atoms with Gasteiger partial charge in [-0.15, -0.1) is 0 Å². The van der Waals surface area contributed by atoms with E-state index >= 15 is 0 Å². The minimum Gasteiger partial charge on any atom is -0.299 e. The number of benzene rings is 1. The molecule has 0 heterocycles. The summed E-state index contributed by atoms with van der Waals surface area (Å²) in [6, 6.07) is 4.52. The Labute approximate surface area is 127 Å². The second kappa shape index (κ2) is 6.51. The fraction of sp³-hybridized carbons (Fsp3) is 0.538. The molecule has 0 bridgehead atoms. The van der Waals surface area contributed by atoms with Crippen molar-refractivity contribution in [3.8, 4) is 0 Å². The fourth-order valence-electron chi connectivity index (χ4n) is 2.13. The average molecular weight is 365 g/mol. The van der Waals surface area contributed by atoms with E-state index in [1.807, 2.05) is 0 Å². The van der Waals surface area contributed by atoms with E-state index in [2.05, 4.69) is 32.5 Å². The molecule has 1 N–H and O–H groups in total. The van der Waals surface area contributed by atoms with Gasteiger partial charge in [-0.25, -0.2) is 17.5 Å². The summed E-state index contributed by atoms with van der Waals surface area (Å²) in [6.07, 6.45) is 2.36. The van der Waals surface area contributed by atoms with Crippen molar-refractivity contribution in [1.29, 1.82) is 0 Å². The van der Waals surface area contributed by atoms with E-state index in [1.54, 1.807) is 0 Å². The van der Waals surface area contributed by atoms with Crippen LogP contribution in [-0.4, -0.2) is 39.0 Å². The van der Waals surface area contributed by atoms with Crippen molar-refractivity contribution >= 4 is 26.0 Å². The van der Waals surface area contributed by atoms with Crippen molar-refractivity contribution in [2.45, 2.75) is 30.7 Å². The molecule has 0 spiro atoms. The van der Waals surface area contributed by atoms with Gasteiger partial charge in [0.05, 0.1) is 0 Å². The summed E-state index contributed by atoms with van der Waals surface area (Å²) >= 11 is 3.11. The summed E-state index contributed by atoms with van der Waals surface area (Å²) in [6.45, 7) is 3.90. The SMILES string of the molecule is CCN(CCNS(=O)(=O)c1ccc(Br)cc1F)C1CC1. The Kier molecular flexibility index (Phi) is 5.17. The fourth-order valence-corrected chi connectivity index (χ4v) is 3.54. The molecule has 0 atom stereocenters. The minimum absolute atomic E-state index is 0.294. The van der Waals surface area contributed by atoms with Crippen molar-refractivity contribution in [3.05, 3.63) is 28.5 Å². The molecular weight excluding hydrogens is 347 g/mol. The molecule has 0 unspecified atom stereocenters. The third kappa shape index (κ3) is 4.00. The first-order chi connectivity index (χ1) is 9.44. The molecule has 112 valence electrons. The van der Waals surface area contributed by atoms with E-state index in [0.29, 0.717) is 23.6 Å². The van der Waals surface area contributed by atoms with E-state index < -0.39 is 15.8 Å². The predicted octanol–water partition coefficient (Wildman–Crippen LogP) is 2.35. The number of hydrogen-bond acceptors (Lipinski definition) is 3.